The minimum atomic E-state index is 0.149. The van der Waals surface area contributed by atoms with Gasteiger partial charge in [0.05, 0.1) is 11.9 Å². The van der Waals surface area contributed by atoms with E-state index >= 15 is 0 Å². The van der Waals surface area contributed by atoms with Gasteiger partial charge in [-0.05, 0) is 31.3 Å². The number of hydrogen-bond donors (Lipinski definition) is 2. The molecule has 0 saturated heterocycles. The highest BCUT2D eigenvalue weighted by Crippen LogP contribution is 2.32. The van der Waals surface area contributed by atoms with E-state index in [0.29, 0.717) is 17.0 Å². The van der Waals surface area contributed by atoms with Crippen molar-refractivity contribution >= 4 is 35.8 Å². The number of aliphatic imine (C=N–C) groups is 1. The van der Waals surface area contributed by atoms with Gasteiger partial charge in [0.25, 0.3) is 0 Å². The molecule has 2 N–H and O–H groups in total. The maximum atomic E-state index is 10.1. The molecule has 0 radical (unpaired) electrons. The van der Waals surface area contributed by atoms with Crippen LogP contribution < -0.4 is 0 Å². The van der Waals surface area contributed by atoms with Crippen molar-refractivity contribution in [3.63, 3.8) is 0 Å². The lowest BCUT2D eigenvalue weighted by Gasteiger charge is -1.99. The topological polar surface area (TPSA) is 66.2 Å². The summed E-state index contributed by atoms with van der Waals surface area (Å²) >= 11 is 5.15. The number of nitrogens with zero attached hydrogens (tertiary/aromatic N) is 3. The van der Waals surface area contributed by atoms with Crippen LogP contribution in [0.2, 0.25) is 0 Å². The van der Waals surface area contributed by atoms with Crippen molar-refractivity contribution in [3.05, 3.63) is 34.5 Å². The molecule has 6 heteroatoms. The number of hydrogen-bond acceptors (Lipinski definition) is 4. The SMILES string of the molecule is CCn1c(O)c(C=C2C=Nc3cnccc32)[nH]c1=S. The summed E-state index contributed by atoms with van der Waals surface area (Å²) in [6.45, 7) is 2.55. The first-order valence-electron chi connectivity index (χ1n) is 5.92. The highest BCUT2D eigenvalue weighted by atomic mass is 32.1. The van der Waals surface area contributed by atoms with E-state index in [0.717, 1.165) is 16.8 Å². The van der Waals surface area contributed by atoms with Crippen LogP contribution in [0.5, 0.6) is 5.88 Å². The van der Waals surface area contributed by atoms with Crippen LogP contribution in [0.25, 0.3) is 11.6 Å². The summed E-state index contributed by atoms with van der Waals surface area (Å²) in [5.74, 6) is 0.149. The zero-order valence-corrected chi connectivity index (χ0v) is 11.1. The second kappa shape index (κ2) is 4.47. The monoisotopic (exact) mass is 272 g/mol. The Morgan fingerprint density at radius 1 is 1.53 bits per heavy atom. The number of nitrogens with one attached hydrogen (secondary N) is 1. The van der Waals surface area contributed by atoms with E-state index in [4.69, 9.17) is 12.2 Å². The van der Waals surface area contributed by atoms with Crippen LogP contribution in [0.3, 0.4) is 0 Å². The third-order valence-corrected chi connectivity index (χ3v) is 3.38. The van der Waals surface area contributed by atoms with Crippen molar-refractivity contribution in [3.8, 4) is 5.88 Å². The van der Waals surface area contributed by atoms with Crippen molar-refractivity contribution in [1.29, 1.82) is 0 Å². The molecule has 0 amide bonds. The molecular formula is C13H12N4OS. The van der Waals surface area contributed by atoms with E-state index < -0.39 is 0 Å². The maximum absolute atomic E-state index is 10.1. The summed E-state index contributed by atoms with van der Waals surface area (Å²) in [5.41, 5.74) is 3.35. The van der Waals surface area contributed by atoms with Crippen LogP contribution in [-0.4, -0.2) is 25.9 Å². The number of aromatic amines is 1. The normalized spacial score (nSPS) is 15.1. The highest BCUT2D eigenvalue weighted by molar-refractivity contribution is 7.71. The van der Waals surface area contributed by atoms with E-state index in [1.165, 1.54) is 0 Å². The lowest BCUT2D eigenvalue weighted by Crippen LogP contribution is -1.92. The molecule has 2 aromatic heterocycles. The van der Waals surface area contributed by atoms with Gasteiger partial charge in [-0.25, -0.2) is 0 Å². The van der Waals surface area contributed by atoms with Crippen molar-refractivity contribution in [2.45, 2.75) is 13.5 Å². The smallest absolute Gasteiger partial charge is 0.217 e. The van der Waals surface area contributed by atoms with Gasteiger partial charge in [-0.15, -0.1) is 0 Å². The summed E-state index contributed by atoms with van der Waals surface area (Å²) in [5, 5.41) is 10.1. The molecule has 1 aliphatic rings. The number of aromatic nitrogens is 3. The van der Waals surface area contributed by atoms with Gasteiger partial charge in [-0.1, -0.05) is 0 Å². The number of fused-ring (bicyclic) bond motifs is 1. The fourth-order valence-electron chi connectivity index (χ4n) is 2.09. The van der Waals surface area contributed by atoms with Crippen LogP contribution in [-0.2, 0) is 6.54 Å². The molecule has 0 atom stereocenters. The zero-order valence-electron chi connectivity index (χ0n) is 10.3. The van der Waals surface area contributed by atoms with Crippen molar-refractivity contribution < 1.29 is 5.11 Å². The van der Waals surface area contributed by atoms with Gasteiger partial charge < -0.3 is 10.1 Å². The number of H-pyrrole nitrogens is 1. The molecule has 0 bridgehead atoms. The van der Waals surface area contributed by atoms with Crippen molar-refractivity contribution in [2.75, 3.05) is 0 Å². The number of aromatic hydroxyl groups is 1. The Balaban J connectivity index is 2.10. The van der Waals surface area contributed by atoms with Crippen LogP contribution in [0.15, 0.2) is 23.5 Å². The van der Waals surface area contributed by atoms with Gasteiger partial charge in [0.15, 0.2) is 4.77 Å². The summed E-state index contributed by atoms with van der Waals surface area (Å²) in [7, 11) is 0. The summed E-state index contributed by atoms with van der Waals surface area (Å²) in [6.07, 6.45) is 7.03. The molecule has 0 saturated carbocycles. The molecule has 0 fully saturated rings. The Labute approximate surface area is 115 Å². The van der Waals surface area contributed by atoms with Gasteiger partial charge in [0, 0.05) is 30.1 Å². The van der Waals surface area contributed by atoms with Gasteiger partial charge in [-0.2, -0.15) is 0 Å². The first-order chi connectivity index (χ1) is 9.20. The fourth-order valence-corrected chi connectivity index (χ4v) is 2.41. The Morgan fingerprint density at radius 3 is 3.11 bits per heavy atom. The first-order valence-corrected chi connectivity index (χ1v) is 6.33. The van der Waals surface area contributed by atoms with Crippen LogP contribution in [0.1, 0.15) is 18.2 Å². The van der Waals surface area contributed by atoms with Gasteiger partial charge in [0.1, 0.15) is 5.69 Å². The standard InChI is InChI=1S/C13H12N4OS/c1-2-17-12(18)10(16-13(17)19)5-8-6-15-11-7-14-4-3-9(8)11/h3-7,18H,2H2,1H3,(H,16,19). The molecule has 3 rings (SSSR count). The molecule has 0 unspecified atom stereocenters. The first kappa shape index (κ1) is 11.9. The fraction of sp³-hybridized carbons (Fsp3) is 0.154. The predicted molar refractivity (Wildman–Crippen MR) is 77.2 cm³/mol. The van der Waals surface area contributed by atoms with Gasteiger partial charge in [0.2, 0.25) is 5.88 Å². The summed E-state index contributed by atoms with van der Waals surface area (Å²) < 4.78 is 2.15. The Bertz CT molecular complexity index is 754. The Kier molecular flexibility index (Phi) is 2.79. The molecule has 2 aromatic rings. The molecular weight excluding hydrogens is 260 g/mol. The van der Waals surface area contributed by atoms with E-state index in [2.05, 4.69) is 15.0 Å². The third-order valence-electron chi connectivity index (χ3n) is 3.05. The molecule has 3 heterocycles. The molecule has 19 heavy (non-hydrogen) atoms. The maximum Gasteiger partial charge on any atom is 0.217 e. The molecule has 0 spiro atoms. The number of allylic oxidation sites excluding steroid dienone is 1. The third kappa shape index (κ3) is 1.90. The quantitative estimate of drug-likeness (QED) is 0.826. The molecule has 96 valence electrons. The van der Waals surface area contributed by atoms with Gasteiger partial charge in [-0.3, -0.25) is 14.5 Å². The van der Waals surface area contributed by atoms with Crippen LogP contribution in [0, 0.1) is 4.77 Å². The minimum absolute atomic E-state index is 0.149. The van der Waals surface area contributed by atoms with Crippen molar-refractivity contribution in [2.24, 2.45) is 4.99 Å². The van der Waals surface area contributed by atoms with Crippen molar-refractivity contribution in [1.82, 2.24) is 14.5 Å². The van der Waals surface area contributed by atoms with E-state index in [1.807, 2.05) is 19.1 Å². The molecule has 0 aliphatic carbocycles. The van der Waals surface area contributed by atoms with Crippen LogP contribution >= 0.6 is 12.2 Å². The largest absolute Gasteiger partial charge is 0.493 e. The molecule has 1 aliphatic heterocycles. The number of imidazole rings is 1. The summed E-state index contributed by atoms with van der Waals surface area (Å²) in [6, 6.07) is 1.90. The Morgan fingerprint density at radius 2 is 2.37 bits per heavy atom. The average Bonchev–Trinajstić information content (AvgIpc) is 2.93. The lowest BCUT2D eigenvalue weighted by molar-refractivity contribution is 0.419. The van der Waals surface area contributed by atoms with Crippen LogP contribution in [0.4, 0.5) is 5.69 Å². The van der Waals surface area contributed by atoms with E-state index in [-0.39, 0.29) is 5.88 Å². The molecule has 5 nitrogen and oxygen atoms in total. The average molecular weight is 272 g/mol. The van der Waals surface area contributed by atoms with E-state index in [9.17, 15) is 5.11 Å². The Hall–Kier alpha value is -2.21. The lowest BCUT2D eigenvalue weighted by atomic mass is 10.1. The second-order valence-corrected chi connectivity index (χ2v) is 4.55. The second-order valence-electron chi connectivity index (χ2n) is 4.16. The highest BCUT2D eigenvalue weighted by Gasteiger charge is 2.14. The minimum Gasteiger partial charge on any atom is -0.493 e. The van der Waals surface area contributed by atoms with E-state index in [1.54, 1.807) is 23.2 Å². The summed E-state index contributed by atoms with van der Waals surface area (Å²) in [4.78, 5) is 11.3. The number of pyridine rings is 1. The number of rotatable bonds is 2. The molecule has 0 aromatic carbocycles. The predicted octanol–water partition coefficient (Wildman–Crippen LogP) is 2.92. The zero-order chi connectivity index (χ0) is 13.4. The van der Waals surface area contributed by atoms with Gasteiger partial charge >= 0.3 is 0 Å².